The van der Waals surface area contributed by atoms with Crippen LogP contribution < -0.4 is 27.2 Å². The molecule has 3 heterocycles. The van der Waals surface area contributed by atoms with Gasteiger partial charge in [-0.15, -0.1) is 0 Å². The van der Waals surface area contributed by atoms with Crippen molar-refractivity contribution >= 4 is 33.7 Å². The lowest BCUT2D eigenvalue weighted by atomic mass is 9.94. The van der Waals surface area contributed by atoms with Crippen LogP contribution in [-0.2, 0) is 38.5 Å². The summed E-state index contributed by atoms with van der Waals surface area (Å²) in [6.45, 7) is 5.18. The molecule has 0 saturated carbocycles. The maximum atomic E-state index is 11.1. The van der Waals surface area contributed by atoms with Crippen LogP contribution in [0, 0.1) is 0 Å². The van der Waals surface area contributed by atoms with Crippen molar-refractivity contribution in [2.75, 3.05) is 77.9 Å². The Morgan fingerprint density at radius 1 is 1.02 bits per heavy atom. The second-order valence-electron chi connectivity index (χ2n) is 11.6. The van der Waals surface area contributed by atoms with Crippen molar-refractivity contribution in [3.8, 4) is 0 Å². The number of aliphatic carboxylic acids is 1. The Morgan fingerprint density at radius 3 is 2.38 bits per heavy atom. The lowest BCUT2D eigenvalue weighted by Crippen LogP contribution is -2.34. The molecule has 3 rings (SSSR count). The molecule has 0 radical (unpaired) electrons. The molecule has 1 aromatic heterocycles. The molecule has 6 atom stereocenters. The molecule has 2 aliphatic rings. The van der Waals surface area contributed by atoms with Crippen molar-refractivity contribution in [3.05, 3.63) is 12.0 Å². The number of hydrogen-bond acceptors (Lipinski definition) is 15. The van der Waals surface area contributed by atoms with Gasteiger partial charge in [0.1, 0.15) is 18.1 Å². The molecule has 2 aliphatic heterocycles. The highest BCUT2D eigenvalue weighted by atomic mass is 32.2. The third kappa shape index (κ3) is 14.7. The van der Waals surface area contributed by atoms with Gasteiger partial charge in [0.05, 0.1) is 69.2 Å². The minimum Gasteiger partial charge on any atom is -0.480 e. The smallest absolute Gasteiger partial charge is 0.320 e. The van der Waals surface area contributed by atoms with Gasteiger partial charge in [-0.05, 0) is 38.6 Å². The largest absolute Gasteiger partial charge is 0.480 e. The summed E-state index contributed by atoms with van der Waals surface area (Å²) >= 11 is 0. The first-order chi connectivity index (χ1) is 22.5. The van der Waals surface area contributed by atoms with E-state index in [-0.39, 0.29) is 30.3 Å². The molecule has 1 saturated heterocycles. The van der Waals surface area contributed by atoms with E-state index >= 15 is 0 Å². The average Bonchev–Trinajstić information content (AvgIpc) is 3.63. The first kappa shape index (κ1) is 39.1. The van der Waals surface area contributed by atoms with Gasteiger partial charge in [-0.25, -0.2) is 23.1 Å². The number of nitrogens with two attached hydrogens (primary N) is 3. The van der Waals surface area contributed by atoms with Gasteiger partial charge in [0.15, 0.2) is 5.82 Å². The summed E-state index contributed by atoms with van der Waals surface area (Å²) in [6.07, 6.45) is 7.00. The summed E-state index contributed by atoms with van der Waals surface area (Å²) in [5, 5.41) is 12.4. The van der Waals surface area contributed by atoms with Gasteiger partial charge in [0, 0.05) is 45.0 Å². The number of sulfonamides is 1. The van der Waals surface area contributed by atoms with Crippen molar-refractivity contribution < 1.29 is 42.0 Å². The van der Waals surface area contributed by atoms with Crippen molar-refractivity contribution in [1.29, 1.82) is 0 Å². The van der Waals surface area contributed by atoms with Crippen molar-refractivity contribution in [1.82, 2.24) is 20.0 Å². The van der Waals surface area contributed by atoms with E-state index < -0.39 is 22.0 Å². The Balaban J connectivity index is 1.28. The molecule has 1 fully saturated rings. The average molecular weight is 689 g/mol. The number of hydrogen-bond donors (Lipinski definition) is 6. The number of carboxylic acids is 1. The van der Waals surface area contributed by atoms with E-state index in [4.69, 9.17) is 46.0 Å². The summed E-state index contributed by atoms with van der Waals surface area (Å²) in [7, 11) is -3.16. The van der Waals surface area contributed by atoms with Crippen LogP contribution in [0.4, 0.5) is 11.5 Å². The normalized spacial score (nSPS) is 22.0. The molecule has 47 heavy (non-hydrogen) atoms. The molecule has 0 aromatic carbocycles. The van der Waals surface area contributed by atoms with Crippen LogP contribution in [0.25, 0.3) is 0 Å². The summed E-state index contributed by atoms with van der Waals surface area (Å²) < 4.78 is 53.6. The summed E-state index contributed by atoms with van der Waals surface area (Å²) in [5.41, 5.74) is 19.2. The topological polar surface area (TPSA) is 258 Å². The Bertz CT molecular complexity index is 1210. The molecular formula is C29H52N8O9S. The van der Waals surface area contributed by atoms with Gasteiger partial charge in [-0.3, -0.25) is 9.79 Å². The van der Waals surface area contributed by atoms with Gasteiger partial charge in [-0.2, -0.15) is 0 Å². The van der Waals surface area contributed by atoms with Gasteiger partial charge >= 0.3 is 5.97 Å². The second-order valence-corrected chi connectivity index (χ2v) is 13.5. The number of aromatic nitrogens is 2. The predicted octanol–water partition coefficient (Wildman–Crippen LogP) is -0.721. The summed E-state index contributed by atoms with van der Waals surface area (Å²) in [6, 6.07) is -1.20. The zero-order valence-corrected chi connectivity index (χ0v) is 27.9. The molecule has 9 N–H and O–H groups in total. The number of carboxylic acid groups (broad SMARTS) is 1. The monoisotopic (exact) mass is 688 g/mol. The number of aliphatic imine (C=N–C) groups is 1. The number of fused-ring (bicyclic) bond motifs is 1. The van der Waals surface area contributed by atoms with E-state index in [1.54, 1.807) is 6.21 Å². The summed E-state index contributed by atoms with van der Waals surface area (Å²) in [5.74, 6) is -0.955. The van der Waals surface area contributed by atoms with Crippen LogP contribution in [0.15, 0.2) is 11.3 Å². The molecule has 0 spiro atoms. The number of rotatable bonds is 26. The molecule has 0 aliphatic carbocycles. The van der Waals surface area contributed by atoms with Gasteiger partial charge in [0.2, 0.25) is 10.0 Å². The van der Waals surface area contributed by atoms with Crippen LogP contribution in [-0.4, -0.2) is 138 Å². The van der Waals surface area contributed by atoms with Crippen molar-refractivity contribution in [3.63, 3.8) is 0 Å². The fourth-order valence-corrected chi connectivity index (χ4v) is 5.81. The van der Waals surface area contributed by atoms with Crippen molar-refractivity contribution in [2.45, 2.75) is 74.8 Å². The SMILES string of the molecule is CS(=O)(=O)NCCCOCCOCCOCCCNCCO[C@@H]1C[C@@H](C[C@@H](N)CC[C@H](N)C(=O)O)O[C@H]1C1C=Nc2c(N)ncnc21. The van der Waals surface area contributed by atoms with Crippen LogP contribution >= 0.6 is 0 Å². The minimum absolute atomic E-state index is 0.171. The quantitative estimate of drug-likeness (QED) is 0.0657. The second kappa shape index (κ2) is 20.9. The van der Waals surface area contributed by atoms with E-state index in [9.17, 15) is 13.2 Å². The van der Waals surface area contributed by atoms with E-state index in [0.29, 0.717) is 109 Å². The molecular weight excluding hydrogens is 636 g/mol. The summed E-state index contributed by atoms with van der Waals surface area (Å²) in [4.78, 5) is 23.9. The number of anilines is 1. The Hall–Kier alpha value is -2.39. The van der Waals surface area contributed by atoms with E-state index in [0.717, 1.165) is 19.2 Å². The lowest BCUT2D eigenvalue weighted by Gasteiger charge is -2.24. The number of carbonyl (C=O) groups is 1. The highest BCUT2D eigenvalue weighted by Gasteiger charge is 2.44. The number of nitrogens with one attached hydrogen (secondary N) is 2. The first-order valence-electron chi connectivity index (χ1n) is 16.1. The molecule has 268 valence electrons. The Kier molecular flexibility index (Phi) is 17.3. The van der Waals surface area contributed by atoms with Gasteiger partial charge in [-0.1, -0.05) is 0 Å². The maximum Gasteiger partial charge on any atom is 0.320 e. The van der Waals surface area contributed by atoms with Gasteiger partial charge < -0.3 is 51.3 Å². The van der Waals surface area contributed by atoms with Crippen LogP contribution in [0.3, 0.4) is 0 Å². The minimum atomic E-state index is -3.16. The predicted molar refractivity (Wildman–Crippen MR) is 175 cm³/mol. The van der Waals surface area contributed by atoms with E-state index in [2.05, 4.69) is 25.0 Å². The number of ether oxygens (including phenoxy) is 5. The van der Waals surface area contributed by atoms with Crippen LogP contribution in [0.2, 0.25) is 0 Å². The highest BCUT2D eigenvalue weighted by molar-refractivity contribution is 7.88. The lowest BCUT2D eigenvalue weighted by molar-refractivity contribution is -0.138. The molecule has 17 nitrogen and oxygen atoms in total. The fourth-order valence-electron chi connectivity index (χ4n) is 5.29. The molecule has 0 amide bonds. The zero-order valence-electron chi connectivity index (χ0n) is 27.1. The molecule has 0 bridgehead atoms. The molecule has 18 heteroatoms. The Morgan fingerprint density at radius 2 is 1.70 bits per heavy atom. The zero-order chi connectivity index (χ0) is 34.1. The maximum absolute atomic E-state index is 11.1. The third-order valence-corrected chi connectivity index (χ3v) is 8.41. The van der Waals surface area contributed by atoms with Gasteiger partial charge in [0.25, 0.3) is 0 Å². The number of nitrogen functional groups attached to an aromatic ring is 1. The van der Waals surface area contributed by atoms with E-state index in [1.807, 2.05) is 0 Å². The van der Waals surface area contributed by atoms with Crippen LogP contribution in [0.1, 0.15) is 50.1 Å². The van der Waals surface area contributed by atoms with Crippen LogP contribution in [0.5, 0.6) is 0 Å². The van der Waals surface area contributed by atoms with Crippen molar-refractivity contribution in [2.24, 2.45) is 16.5 Å². The molecule has 1 unspecified atom stereocenters. The molecule has 1 aromatic rings. The van der Waals surface area contributed by atoms with E-state index in [1.165, 1.54) is 6.33 Å². The standard InChI is InChI=1S/C29H52N8O9S/c1-47(40,41)37-7-3-10-43-13-15-44-14-12-42-9-2-6-33-8-11-45-24-17-21(16-20(30)4-5-23(31)29(38)39)46-27(24)22-18-34-26-25(22)35-19-36-28(26)32/h18-24,27,33,37H,2-17,30-31H2,1H3,(H,38,39)(H2,32,35,36)/t20-,21+,22?,23-,24+,27-/m0/s1. The highest BCUT2D eigenvalue weighted by Crippen LogP contribution is 2.41. The third-order valence-electron chi connectivity index (χ3n) is 7.68. The first-order valence-corrected chi connectivity index (χ1v) is 18.0. The Labute approximate surface area is 276 Å². The number of nitrogens with zero attached hydrogens (tertiary/aromatic N) is 3. The fraction of sp³-hybridized carbons (Fsp3) is 0.793.